The van der Waals surface area contributed by atoms with Crippen molar-refractivity contribution >= 4 is 11.8 Å². The summed E-state index contributed by atoms with van der Waals surface area (Å²) in [4.78, 5) is 22.1. The molecule has 0 aromatic rings. The van der Waals surface area contributed by atoms with E-state index in [1.165, 1.54) is 19.1 Å². The third kappa shape index (κ3) is 3.83. The number of terminal acetylenes is 1. The van der Waals surface area contributed by atoms with Gasteiger partial charge in [-0.05, 0) is 13.0 Å². The molecular formula is C10H15N3O2. The van der Waals surface area contributed by atoms with Gasteiger partial charge in [-0.1, -0.05) is 12.0 Å². The Balaban J connectivity index is 5.09. The summed E-state index contributed by atoms with van der Waals surface area (Å²) in [6.45, 7) is 2.95. The Morgan fingerprint density at radius 3 is 2.40 bits per heavy atom. The van der Waals surface area contributed by atoms with Crippen molar-refractivity contribution in [1.82, 2.24) is 5.32 Å². The number of hydrogen-bond donors (Lipinski definition) is 3. The van der Waals surface area contributed by atoms with Crippen molar-refractivity contribution in [3.05, 3.63) is 12.2 Å². The molecule has 0 aromatic carbocycles. The van der Waals surface area contributed by atoms with Crippen LogP contribution in [-0.2, 0) is 9.59 Å². The van der Waals surface area contributed by atoms with Gasteiger partial charge in [-0.25, -0.2) is 0 Å². The highest BCUT2D eigenvalue weighted by atomic mass is 16.2. The van der Waals surface area contributed by atoms with Crippen LogP contribution in [-0.4, -0.2) is 23.4 Å². The number of rotatable bonds is 4. The van der Waals surface area contributed by atoms with Crippen LogP contribution in [0.15, 0.2) is 12.2 Å². The SMILES string of the molecule is C#CC(C=CC(C)N)(NC(C)=O)C(N)=O. The lowest BCUT2D eigenvalue weighted by Crippen LogP contribution is -2.54. The van der Waals surface area contributed by atoms with E-state index in [1.807, 2.05) is 0 Å². The molecule has 0 rings (SSSR count). The van der Waals surface area contributed by atoms with E-state index in [-0.39, 0.29) is 6.04 Å². The van der Waals surface area contributed by atoms with E-state index < -0.39 is 17.4 Å². The number of carbonyl (C=O) groups excluding carboxylic acids is 2. The smallest absolute Gasteiger partial charge is 0.259 e. The van der Waals surface area contributed by atoms with Crippen molar-refractivity contribution in [2.45, 2.75) is 25.4 Å². The van der Waals surface area contributed by atoms with Gasteiger partial charge in [0.2, 0.25) is 5.91 Å². The molecule has 0 fully saturated rings. The van der Waals surface area contributed by atoms with Gasteiger partial charge in [-0.2, -0.15) is 0 Å². The van der Waals surface area contributed by atoms with Crippen LogP contribution < -0.4 is 16.8 Å². The molecule has 0 bridgehead atoms. The Kier molecular flexibility index (Phi) is 4.55. The van der Waals surface area contributed by atoms with E-state index in [1.54, 1.807) is 6.92 Å². The Hall–Kier alpha value is -1.80. The zero-order chi connectivity index (χ0) is 12.1. The number of hydrogen-bond acceptors (Lipinski definition) is 3. The number of nitrogens with two attached hydrogens (primary N) is 2. The van der Waals surface area contributed by atoms with Crippen LogP contribution in [0, 0.1) is 12.3 Å². The monoisotopic (exact) mass is 209 g/mol. The quantitative estimate of drug-likeness (QED) is 0.404. The second-order valence-corrected chi connectivity index (χ2v) is 3.22. The second-order valence-electron chi connectivity index (χ2n) is 3.22. The third-order valence-electron chi connectivity index (χ3n) is 1.64. The Labute approximate surface area is 88.9 Å². The van der Waals surface area contributed by atoms with E-state index in [0.29, 0.717) is 0 Å². The lowest BCUT2D eigenvalue weighted by molar-refractivity contribution is -0.127. The molecule has 0 aliphatic heterocycles. The summed E-state index contributed by atoms with van der Waals surface area (Å²) in [5, 5.41) is 2.31. The third-order valence-corrected chi connectivity index (χ3v) is 1.64. The normalized spacial score (nSPS) is 16.4. The Bertz CT molecular complexity index is 328. The van der Waals surface area contributed by atoms with Crippen molar-refractivity contribution in [3.8, 4) is 12.3 Å². The maximum Gasteiger partial charge on any atom is 0.259 e. The summed E-state index contributed by atoms with van der Waals surface area (Å²) >= 11 is 0. The zero-order valence-corrected chi connectivity index (χ0v) is 8.78. The van der Waals surface area contributed by atoms with Crippen molar-refractivity contribution in [2.24, 2.45) is 11.5 Å². The van der Waals surface area contributed by atoms with E-state index >= 15 is 0 Å². The molecule has 2 atom stereocenters. The topological polar surface area (TPSA) is 98.2 Å². The van der Waals surface area contributed by atoms with Crippen LogP contribution in [0.4, 0.5) is 0 Å². The highest BCUT2D eigenvalue weighted by Crippen LogP contribution is 2.05. The summed E-state index contributed by atoms with van der Waals surface area (Å²) in [6, 6.07) is -0.286. The van der Waals surface area contributed by atoms with Gasteiger partial charge in [-0.3, -0.25) is 9.59 Å². The average Bonchev–Trinajstić information content (AvgIpc) is 2.11. The van der Waals surface area contributed by atoms with Crippen LogP contribution >= 0.6 is 0 Å². The number of primary amides is 1. The van der Waals surface area contributed by atoms with Gasteiger partial charge in [0, 0.05) is 13.0 Å². The highest BCUT2D eigenvalue weighted by Gasteiger charge is 2.32. The molecule has 2 amide bonds. The first-order valence-corrected chi connectivity index (χ1v) is 4.35. The molecule has 0 spiro atoms. The molecule has 5 heteroatoms. The summed E-state index contributed by atoms with van der Waals surface area (Å²) in [5.41, 5.74) is 9.00. The lowest BCUT2D eigenvalue weighted by Gasteiger charge is -2.22. The fourth-order valence-electron chi connectivity index (χ4n) is 0.915. The van der Waals surface area contributed by atoms with E-state index in [2.05, 4.69) is 11.2 Å². The number of amides is 2. The molecule has 5 nitrogen and oxygen atoms in total. The van der Waals surface area contributed by atoms with Crippen LogP contribution in [0.2, 0.25) is 0 Å². The van der Waals surface area contributed by atoms with Crippen LogP contribution in [0.3, 0.4) is 0 Å². The van der Waals surface area contributed by atoms with Crippen LogP contribution in [0.1, 0.15) is 13.8 Å². The van der Waals surface area contributed by atoms with Gasteiger partial charge < -0.3 is 16.8 Å². The molecule has 82 valence electrons. The minimum atomic E-state index is -1.60. The molecule has 0 aromatic heterocycles. The number of carbonyl (C=O) groups is 2. The fraction of sp³-hybridized carbons (Fsp3) is 0.400. The predicted octanol–water partition coefficient (Wildman–Crippen LogP) is -1.12. The molecule has 15 heavy (non-hydrogen) atoms. The van der Waals surface area contributed by atoms with Gasteiger partial charge in [0.1, 0.15) is 0 Å². The largest absolute Gasteiger partial charge is 0.366 e. The Morgan fingerprint density at radius 2 is 2.13 bits per heavy atom. The molecule has 2 unspecified atom stereocenters. The standard InChI is InChI=1S/C10H15N3O2/c1-4-10(9(12)15,13-8(3)14)6-5-7(2)11/h1,5-7H,11H2,2-3H3,(H2,12,15)(H,13,14). The van der Waals surface area contributed by atoms with Crippen molar-refractivity contribution in [1.29, 1.82) is 0 Å². The summed E-state index contributed by atoms with van der Waals surface area (Å²) in [7, 11) is 0. The summed E-state index contributed by atoms with van der Waals surface area (Å²) < 4.78 is 0. The van der Waals surface area contributed by atoms with Crippen molar-refractivity contribution < 1.29 is 9.59 Å². The van der Waals surface area contributed by atoms with Gasteiger partial charge >= 0.3 is 0 Å². The lowest BCUT2D eigenvalue weighted by atomic mass is 9.98. The van der Waals surface area contributed by atoms with E-state index in [9.17, 15) is 9.59 Å². The first-order chi connectivity index (χ1) is 6.84. The minimum Gasteiger partial charge on any atom is -0.366 e. The maximum absolute atomic E-state index is 11.2. The zero-order valence-electron chi connectivity index (χ0n) is 8.78. The molecule has 0 saturated heterocycles. The number of nitrogens with one attached hydrogen (secondary N) is 1. The van der Waals surface area contributed by atoms with Gasteiger partial charge in [0.05, 0.1) is 0 Å². The predicted molar refractivity (Wildman–Crippen MR) is 57.4 cm³/mol. The maximum atomic E-state index is 11.2. The van der Waals surface area contributed by atoms with Crippen molar-refractivity contribution in [2.75, 3.05) is 0 Å². The minimum absolute atomic E-state index is 0.286. The van der Waals surface area contributed by atoms with Crippen LogP contribution in [0.5, 0.6) is 0 Å². The van der Waals surface area contributed by atoms with Crippen molar-refractivity contribution in [3.63, 3.8) is 0 Å². The van der Waals surface area contributed by atoms with Gasteiger partial charge in [0.15, 0.2) is 5.54 Å². The van der Waals surface area contributed by atoms with Gasteiger partial charge in [-0.15, -0.1) is 6.42 Å². The van der Waals surface area contributed by atoms with Crippen LogP contribution in [0.25, 0.3) is 0 Å². The average molecular weight is 209 g/mol. The molecule has 5 N–H and O–H groups in total. The summed E-state index contributed by atoms with van der Waals surface area (Å²) in [6.07, 6.45) is 8.01. The van der Waals surface area contributed by atoms with E-state index in [4.69, 9.17) is 17.9 Å². The first-order valence-electron chi connectivity index (χ1n) is 4.35. The molecule has 0 radical (unpaired) electrons. The molecule has 0 aliphatic carbocycles. The molecular weight excluding hydrogens is 194 g/mol. The second kappa shape index (κ2) is 5.17. The molecule has 0 heterocycles. The van der Waals surface area contributed by atoms with E-state index in [0.717, 1.165) is 0 Å². The summed E-state index contributed by atoms with van der Waals surface area (Å²) in [5.74, 6) is 0.887. The molecule has 0 aliphatic rings. The first kappa shape index (κ1) is 13.2. The van der Waals surface area contributed by atoms with Gasteiger partial charge in [0.25, 0.3) is 5.91 Å². The molecule has 0 saturated carbocycles. The Morgan fingerprint density at radius 1 is 1.60 bits per heavy atom. The highest BCUT2D eigenvalue weighted by molar-refractivity contribution is 5.95. The fourth-order valence-corrected chi connectivity index (χ4v) is 0.915.